The van der Waals surface area contributed by atoms with Crippen molar-refractivity contribution in [2.45, 2.75) is 11.4 Å². The van der Waals surface area contributed by atoms with Crippen LogP contribution < -0.4 is 10.1 Å². The van der Waals surface area contributed by atoms with E-state index in [1.165, 1.54) is 16.7 Å². The molecule has 0 saturated carbocycles. The normalized spacial score (nSPS) is 24.1. The zero-order chi connectivity index (χ0) is 14.8. The molecule has 2 atom stereocenters. The number of para-hydroxylation sites is 1. The third-order valence-corrected chi connectivity index (χ3v) is 4.69. The van der Waals surface area contributed by atoms with Crippen LogP contribution >= 0.6 is 11.8 Å². The van der Waals surface area contributed by atoms with Gasteiger partial charge in [0.15, 0.2) is 12.4 Å². The Kier molecular flexibility index (Phi) is 3.83. The molecule has 0 bridgehead atoms. The monoisotopic (exact) mass is 306 g/mol. The fourth-order valence-electron chi connectivity index (χ4n) is 2.31. The molecular weight excluding hydrogens is 292 g/mol. The van der Waals surface area contributed by atoms with E-state index >= 15 is 0 Å². The second kappa shape index (κ2) is 5.77. The van der Waals surface area contributed by atoms with Crippen LogP contribution in [0.15, 0.2) is 30.3 Å². The van der Waals surface area contributed by atoms with Gasteiger partial charge in [0, 0.05) is 0 Å². The van der Waals surface area contributed by atoms with Crippen LogP contribution in [-0.2, 0) is 14.4 Å². The molecular formula is C14H14N2O4S. The number of Topliss-reactive ketones (excluding diaryl/α,β-unsaturated/α-hetero) is 1. The number of nitrogens with one attached hydrogen (secondary N) is 1. The highest BCUT2D eigenvalue weighted by atomic mass is 32.2. The first kappa shape index (κ1) is 13.9. The molecule has 0 aliphatic carbocycles. The van der Waals surface area contributed by atoms with Crippen molar-refractivity contribution in [3.05, 3.63) is 30.3 Å². The topological polar surface area (TPSA) is 75.7 Å². The first-order valence-corrected chi connectivity index (χ1v) is 7.61. The van der Waals surface area contributed by atoms with Gasteiger partial charge >= 0.3 is 0 Å². The van der Waals surface area contributed by atoms with Crippen molar-refractivity contribution < 1.29 is 19.1 Å². The van der Waals surface area contributed by atoms with E-state index in [0.717, 1.165) is 0 Å². The molecule has 1 unspecified atom stereocenters. The van der Waals surface area contributed by atoms with Crippen LogP contribution in [0.3, 0.4) is 0 Å². The second-order valence-corrected chi connectivity index (χ2v) is 5.96. The molecule has 2 aliphatic heterocycles. The van der Waals surface area contributed by atoms with Gasteiger partial charge in [0.05, 0.1) is 12.3 Å². The SMILES string of the molecule is O=C1CS[C@H]2C(NC(=O)COc3ccccc3)C(=O)N2C1. The molecule has 0 radical (unpaired) electrons. The molecule has 2 heterocycles. The Hall–Kier alpha value is -2.02. The minimum atomic E-state index is -0.546. The van der Waals surface area contributed by atoms with Crippen LogP contribution in [0.25, 0.3) is 0 Å². The summed E-state index contributed by atoms with van der Waals surface area (Å²) in [5.41, 5.74) is 0. The highest BCUT2D eigenvalue weighted by molar-refractivity contribution is 8.00. The van der Waals surface area contributed by atoms with E-state index in [-0.39, 0.29) is 36.1 Å². The fourth-order valence-corrected chi connectivity index (χ4v) is 3.49. The van der Waals surface area contributed by atoms with Crippen LogP contribution in [0.1, 0.15) is 0 Å². The number of nitrogens with zero attached hydrogens (tertiary/aromatic N) is 1. The lowest BCUT2D eigenvalue weighted by Gasteiger charge is -2.48. The van der Waals surface area contributed by atoms with E-state index in [1.807, 2.05) is 18.2 Å². The number of rotatable bonds is 4. The summed E-state index contributed by atoms with van der Waals surface area (Å²) in [7, 11) is 0. The Labute approximate surface area is 125 Å². The largest absolute Gasteiger partial charge is 0.484 e. The predicted molar refractivity (Wildman–Crippen MR) is 76.8 cm³/mol. The van der Waals surface area contributed by atoms with Crippen molar-refractivity contribution in [3.63, 3.8) is 0 Å². The van der Waals surface area contributed by atoms with Crippen molar-refractivity contribution in [1.29, 1.82) is 0 Å². The minimum Gasteiger partial charge on any atom is -0.484 e. The van der Waals surface area contributed by atoms with Gasteiger partial charge in [-0.3, -0.25) is 14.4 Å². The Balaban J connectivity index is 1.49. The van der Waals surface area contributed by atoms with Gasteiger partial charge in [-0.1, -0.05) is 18.2 Å². The number of benzene rings is 1. The maximum atomic E-state index is 11.9. The Bertz CT molecular complexity index is 578. The smallest absolute Gasteiger partial charge is 0.258 e. The number of carbonyl (C=O) groups is 3. The zero-order valence-electron chi connectivity index (χ0n) is 11.2. The first-order valence-electron chi connectivity index (χ1n) is 6.56. The molecule has 1 N–H and O–H groups in total. The number of carbonyl (C=O) groups excluding carboxylic acids is 3. The molecule has 1 aromatic carbocycles. The molecule has 110 valence electrons. The maximum absolute atomic E-state index is 11.9. The first-order chi connectivity index (χ1) is 10.1. The number of hydrogen-bond acceptors (Lipinski definition) is 5. The lowest BCUT2D eigenvalue weighted by Crippen LogP contribution is -2.72. The van der Waals surface area contributed by atoms with Crippen molar-refractivity contribution in [2.75, 3.05) is 18.9 Å². The molecule has 21 heavy (non-hydrogen) atoms. The van der Waals surface area contributed by atoms with Crippen LogP contribution in [0.4, 0.5) is 0 Å². The van der Waals surface area contributed by atoms with Gasteiger partial charge in [-0.25, -0.2) is 0 Å². The summed E-state index contributed by atoms with van der Waals surface area (Å²) in [5, 5.41) is 2.53. The zero-order valence-corrected chi connectivity index (χ0v) is 12.0. The third-order valence-electron chi connectivity index (χ3n) is 3.33. The van der Waals surface area contributed by atoms with E-state index in [0.29, 0.717) is 11.5 Å². The standard InChI is InChI=1S/C14H14N2O4S/c17-9-6-16-13(19)12(14(16)21-8-9)15-11(18)7-20-10-4-2-1-3-5-10/h1-5,12,14H,6-8H2,(H,15,18)/t12?,14-/m0/s1. The van der Waals surface area contributed by atoms with Gasteiger partial charge in [0.25, 0.3) is 5.91 Å². The van der Waals surface area contributed by atoms with Gasteiger partial charge in [0.1, 0.15) is 17.2 Å². The van der Waals surface area contributed by atoms with Crippen molar-refractivity contribution in [1.82, 2.24) is 10.2 Å². The number of thioether (sulfide) groups is 1. The van der Waals surface area contributed by atoms with E-state index in [1.54, 1.807) is 12.1 Å². The van der Waals surface area contributed by atoms with Crippen LogP contribution in [-0.4, -0.2) is 52.8 Å². The summed E-state index contributed by atoms with van der Waals surface area (Å²) >= 11 is 1.39. The number of ether oxygens (including phenoxy) is 1. The van der Waals surface area contributed by atoms with Gasteiger partial charge < -0.3 is 15.0 Å². The highest BCUT2D eigenvalue weighted by Crippen LogP contribution is 2.33. The van der Waals surface area contributed by atoms with Crippen LogP contribution in [0.5, 0.6) is 5.75 Å². The Morgan fingerprint density at radius 1 is 1.33 bits per heavy atom. The molecule has 0 aromatic heterocycles. The lowest BCUT2D eigenvalue weighted by molar-refractivity contribution is -0.151. The number of hydrogen-bond donors (Lipinski definition) is 1. The number of ketones is 1. The molecule has 2 aliphatic rings. The molecule has 1 aromatic rings. The van der Waals surface area contributed by atoms with E-state index in [2.05, 4.69) is 5.32 Å². The van der Waals surface area contributed by atoms with Crippen LogP contribution in [0, 0.1) is 0 Å². The third kappa shape index (κ3) is 2.87. The molecule has 2 amide bonds. The van der Waals surface area contributed by atoms with Gasteiger partial charge in [-0.05, 0) is 12.1 Å². The van der Waals surface area contributed by atoms with Crippen molar-refractivity contribution in [3.8, 4) is 5.75 Å². The molecule has 3 rings (SSSR count). The Morgan fingerprint density at radius 2 is 2.10 bits per heavy atom. The summed E-state index contributed by atoms with van der Waals surface area (Å²) in [6.07, 6.45) is 0. The van der Waals surface area contributed by atoms with Crippen molar-refractivity contribution in [2.24, 2.45) is 0 Å². The predicted octanol–water partition coefficient (Wildman–Crippen LogP) is 0.0344. The molecule has 0 spiro atoms. The summed E-state index contributed by atoms with van der Waals surface area (Å²) in [5.74, 6) is 0.498. The summed E-state index contributed by atoms with van der Waals surface area (Å²) in [4.78, 5) is 36.4. The fraction of sp³-hybridized carbons (Fsp3) is 0.357. The Morgan fingerprint density at radius 3 is 2.86 bits per heavy atom. The lowest BCUT2D eigenvalue weighted by atomic mass is 10.1. The summed E-state index contributed by atoms with van der Waals surface area (Å²) in [6.45, 7) is 0.0213. The molecule has 6 nitrogen and oxygen atoms in total. The molecule has 7 heteroatoms. The van der Waals surface area contributed by atoms with Gasteiger partial charge in [0.2, 0.25) is 5.91 Å². The average Bonchev–Trinajstić information content (AvgIpc) is 2.51. The molecule has 2 fully saturated rings. The summed E-state index contributed by atoms with van der Waals surface area (Å²) in [6, 6.07) is 8.45. The molecule has 2 saturated heterocycles. The van der Waals surface area contributed by atoms with E-state index < -0.39 is 6.04 Å². The van der Waals surface area contributed by atoms with Gasteiger partial charge in [-0.2, -0.15) is 0 Å². The second-order valence-electron chi connectivity index (χ2n) is 4.85. The van der Waals surface area contributed by atoms with Crippen LogP contribution in [0.2, 0.25) is 0 Å². The highest BCUT2D eigenvalue weighted by Gasteiger charge is 2.51. The summed E-state index contributed by atoms with van der Waals surface area (Å²) < 4.78 is 5.33. The number of β-lactam (4-membered cyclic amide) rings is 1. The minimum absolute atomic E-state index is 0.0433. The quantitative estimate of drug-likeness (QED) is 0.795. The van der Waals surface area contributed by atoms with E-state index in [4.69, 9.17) is 4.74 Å². The average molecular weight is 306 g/mol. The maximum Gasteiger partial charge on any atom is 0.258 e. The van der Waals surface area contributed by atoms with Gasteiger partial charge in [-0.15, -0.1) is 11.8 Å². The number of fused-ring (bicyclic) bond motifs is 1. The number of amides is 2. The van der Waals surface area contributed by atoms with Crippen molar-refractivity contribution >= 4 is 29.4 Å². The van der Waals surface area contributed by atoms with E-state index in [9.17, 15) is 14.4 Å².